The maximum Gasteiger partial charge on any atom is 0.361 e. The topological polar surface area (TPSA) is 87.7 Å². The number of halogens is 1. The van der Waals surface area contributed by atoms with E-state index >= 15 is 0 Å². The molecule has 0 aliphatic heterocycles. The third kappa shape index (κ3) is 1.26. The van der Waals surface area contributed by atoms with Gasteiger partial charge in [-0.15, -0.1) is 0 Å². The maximum absolute atomic E-state index is 13.3. The highest BCUT2D eigenvalue weighted by Gasteiger charge is 2.52. The minimum absolute atomic E-state index is 0.757. The first-order chi connectivity index (χ1) is 5.99. The van der Waals surface area contributed by atoms with E-state index in [-0.39, 0.29) is 0 Å². The first-order valence-corrected chi connectivity index (χ1v) is 3.19. The first kappa shape index (κ1) is 9.24. The second-order valence-electron chi connectivity index (χ2n) is 2.25. The van der Waals surface area contributed by atoms with Crippen LogP contribution in [0.4, 0.5) is 4.39 Å². The number of carboxylic acids is 2. The fraction of sp³-hybridized carbons (Fsp3) is 0.143. The van der Waals surface area contributed by atoms with Crippen molar-refractivity contribution in [3.05, 3.63) is 24.2 Å². The zero-order valence-corrected chi connectivity index (χ0v) is 6.23. The van der Waals surface area contributed by atoms with Gasteiger partial charge in [0.05, 0.1) is 6.26 Å². The number of alkyl halides is 1. The van der Waals surface area contributed by atoms with Crippen molar-refractivity contribution in [1.82, 2.24) is 0 Å². The van der Waals surface area contributed by atoms with E-state index < -0.39 is 23.4 Å². The van der Waals surface area contributed by atoms with Gasteiger partial charge in [-0.1, -0.05) is 0 Å². The molecule has 0 aliphatic rings. The highest BCUT2D eigenvalue weighted by atomic mass is 19.1. The van der Waals surface area contributed by atoms with E-state index in [0.717, 1.165) is 12.3 Å². The lowest BCUT2D eigenvalue weighted by atomic mass is 10.0. The average molecular weight is 188 g/mol. The van der Waals surface area contributed by atoms with Crippen molar-refractivity contribution >= 4 is 11.9 Å². The van der Waals surface area contributed by atoms with Crippen LogP contribution in [0.2, 0.25) is 0 Å². The zero-order valence-electron chi connectivity index (χ0n) is 6.23. The molecule has 0 aliphatic carbocycles. The largest absolute Gasteiger partial charge is 0.478 e. The minimum atomic E-state index is -3.51. The lowest BCUT2D eigenvalue weighted by Crippen LogP contribution is -2.38. The number of hydrogen-bond donors (Lipinski definition) is 2. The lowest BCUT2D eigenvalue weighted by Gasteiger charge is -2.11. The van der Waals surface area contributed by atoms with Crippen molar-refractivity contribution in [3.8, 4) is 0 Å². The molecular formula is C7H5FO5. The molecule has 0 amide bonds. The summed E-state index contributed by atoms with van der Waals surface area (Å²) in [6.45, 7) is 0. The third-order valence-corrected chi connectivity index (χ3v) is 1.45. The van der Waals surface area contributed by atoms with Gasteiger partial charge in [0, 0.05) is 0 Å². The number of hydrogen-bond acceptors (Lipinski definition) is 3. The molecule has 0 spiro atoms. The summed E-state index contributed by atoms with van der Waals surface area (Å²) in [6, 6.07) is 2.15. The second-order valence-corrected chi connectivity index (χ2v) is 2.25. The Morgan fingerprint density at radius 1 is 1.38 bits per heavy atom. The second kappa shape index (κ2) is 2.89. The fourth-order valence-corrected chi connectivity index (χ4v) is 0.777. The molecule has 0 bridgehead atoms. The fourth-order valence-electron chi connectivity index (χ4n) is 0.777. The van der Waals surface area contributed by atoms with Crippen LogP contribution in [0.1, 0.15) is 5.76 Å². The van der Waals surface area contributed by atoms with Gasteiger partial charge in [-0.3, -0.25) is 0 Å². The molecule has 1 aromatic rings. The Morgan fingerprint density at radius 2 is 1.92 bits per heavy atom. The molecule has 0 aromatic carbocycles. The quantitative estimate of drug-likeness (QED) is 0.678. The summed E-state index contributed by atoms with van der Waals surface area (Å²) < 4.78 is 17.7. The average Bonchev–Trinajstić information content (AvgIpc) is 2.54. The van der Waals surface area contributed by atoms with Crippen LogP contribution in [0.25, 0.3) is 0 Å². The summed E-state index contributed by atoms with van der Waals surface area (Å²) in [5, 5.41) is 16.7. The number of carboxylic acid groups (broad SMARTS) is 2. The Bertz CT molecular complexity index is 315. The SMILES string of the molecule is O=C(O)C(F)(C(=O)O)c1ccco1. The number of carbonyl (C=O) groups is 2. The highest BCUT2D eigenvalue weighted by Crippen LogP contribution is 2.27. The van der Waals surface area contributed by atoms with Crippen LogP contribution in [0.15, 0.2) is 22.8 Å². The Hall–Kier alpha value is -1.85. The molecule has 0 fully saturated rings. The van der Waals surface area contributed by atoms with Gasteiger partial charge in [-0.05, 0) is 12.1 Å². The standard InChI is InChI=1S/C7H5FO5/c8-7(5(9)10,6(11)12)4-2-1-3-13-4/h1-3H,(H,9,10)(H,11,12). The van der Waals surface area contributed by atoms with E-state index in [4.69, 9.17) is 10.2 Å². The molecular weight excluding hydrogens is 183 g/mol. The molecule has 1 heterocycles. The van der Waals surface area contributed by atoms with E-state index in [2.05, 4.69) is 4.42 Å². The molecule has 0 saturated carbocycles. The smallest absolute Gasteiger partial charge is 0.361 e. The minimum Gasteiger partial charge on any atom is -0.478 e. The van der Waals surface area contributed by atoms with E-state index in [0.29, 0.717) is 0 Å². The summed E-state index contributed by atoms with van der Waals surface area (Å²) in [6.07, 6.45) is 0.996. The molecule has 0 atom stereocenters. The number of furan rings is 1. The first-order valence-electron chi connectivity index (χ1n) is 3.19. The molecule has 13 heavy (non-hydrogen) atoms. The van der Waals surface area contributed by atoms with Gasteiger partial charge in [0.25, 0.3) is 0 Å². The molecule has 0 radical (unpaired) electrons. The lowest BCUT2D eigenvalue weighted by molar-refractivity contribution is -0.169. The summed E-state index contributed by atoms with van der Waals surface area (Å²) in [5.74, 6) is -4.99. The number of rotatable bonds is 3. The van der Waals surface area contributed by atoms with E-state index in [9.17, 15) is 14.0 Å². The third-order valence-electron chi connectivity index (χ3n) is 1.45. The van der Waals surface area contributed by atoms with Gasteiger partial charge < -0.3 is 14.6 Å². The van der Waals surface area contributed by atoms with Crippen molar-refractivity contribution in [2.24, 2.45) is 0 Å². The van der Waals surface area contributed by atoms with Gasteiger partial charge in [0.1, 0.15) is 0 Å². The summed E-state index contributed by atoms with van der Waals surface area (Å²) in [4.78, 5) is 20.7. The van der Waals surface area contributed by atoms with Crippen LogP contribution in [0.3, 0.4) is 0 Å². The molecule has 6 heteroatoms. The van der Waals surface area contributed by atoms with Gasteiger partial charge in [0.2, 0.25) is 0 Å². The Balaban J connectivity index is 3.21. The molecule has 70 valence electrons. The summed E-state index contributed by atoms with van der Waals surface area (Å²) in [7, 11) is 0. The van der Waals surface area contributed by atoms with Crippen molar-refractivity contribution in [3.63, 3.8) is 0 Å². The highest BCUT2D eigenvalue weighted by molar-refractivity contribution is 6.01. The predicted octanol–water partition coefficient (Wildman–Crippen LogP) is 0.614. The molecule has 0 unspecified atom stereocenters. The summed E-state index contributed by atoms with van der Waals surface area (Å²) in [5.41, 5.74) is -3.51. The maximum atomic E-state index is 13.3. The van der Waals surface area contributed by atoms with Crippen molar-refractivity contribution in [2.45, 2.75) is 5.67 Å². The molecule has 5 nitrogen and oxygen atoms in total. The van der Waals surface area contributed by atoms with Crippen molar-refractivity contribution in [2.75, 3.05) is 0 Å². The van der Waals surface area contributed by atoms with Crippen LogP contribution in [0.5, 0.6) is 0 Å². The normalized spacial score (nSPS) is 11.2. The Morgan fingerprint density at radius 3 is 2.23 bits per heavy atom. The van der Waals surface area contributed by atoms with Gasteiger partial charge in [0.15, 0.2) is 5.76 Å². The molecule has 1 rings (SSSR count). The molecule has 0 saturated heterocycles. The van der Waals surface area contributed by atoms with Crippen LogP contribution in [-0.4, -0.2) is 22.2 Å². The van der Waals surface area contributed by atoms with Crippen LogP contribution in [-0.2, 0) is 15.3 Å². The van der Waals surface area contributed by atoms with Gasteiger partial charge in [-0.25, -0.2) is 14.0 Å². The molecule has 2 N–H and O–H groups in total. The van der Waals surface area contributed by atoms with E-state index in [1.54, 1.807) is 0 Å². The van der Waals surface area contributed by atoms with Crippen molar-refractivity contribution < 1.29 is 28.6 Å². The monoisotopic (exact) mass is 188 g/mol. The van der Waals surface area contributed by atoms with Gasteiger partial charge in [-0.2, -0.15) is 0 Å². The zero-order chi connectivity index (χ0) is 10.1. The van der Waals surface area contributed by atoms with Crippen LogP contribution >= 0.6 is 0 Å². The van der Waals surface area contributed by atoms with Crippen LogP contribution in [0, 0.1) is 0 Å². The predicted molar refractivity (Wildman–Crippen MR) is 36.8 cm³/mol. The number of aliphatic carboxylic acids is 2. The van der Waals surface area contributed by atoms with Gasteiger partial charge >= 0.3 is 17.6 Å². The molecule has 1 aromatic heterocycles. The Kier molecular flexibility index (Phi) is 2.05. The van der Waals surface area contributed by atoms with Crippen LogP contribution < -0.4 is 0 Å². The Labute approximate surface area is 71.4 Å². The van der Waals surface area contributed by atoms with Crippen molar-refractivity contribution in [1.29, 1.82) is 0 Å². The van der Waals surface area contributed by atoms with E-state index in [1.165, 1.54) is 6.07 Å². The summed E-state index contributed by atoms with van der Waals surface area (Å²) >= 11 is 0. The van der Waals surface area contributed by atoms with E-state index in [1.807, 2.05) is 0 Å².